The molecule has 3 nitrogen and oxygen atoms in total. The molecule has 0 spiro atoms. The predicted octanol–water partition coefficient (Wildman–Crippen LogP) is 2.03. The monoisotopic (exact) mass is 259 g/mol. The zero-order valence-electron chi connectivity index (χ0n) is 7.14. The van der Waals surface area contributed by atoms with Gasteiger partial charge in [0.1, 0.15) is 8.87 Å². The van der Waals surface area contributed by atoms with Gasteiger partial charge in [-0.25, -0.2) is 0 Å². The Hall–Kier alpha value is -0.860. The zero-order valence-corrected chi connectivity index (χ0v) is 8.77. The van der Waals surface area contributed by atoms with Gasteiger partial charge >= 0.3 is 5.76 Å². The van der Waals surface area contributed by atoms with Crippen molar-refractivity contribution in [3.8, 4) is 0 Å². The van der Waals surface area contributed by atoms with Crippen LogP contribution >= 0.6 is 0 Å². The van der Waals surface area contributed by atoms with E-state index in [1.165, 1.54) is 18.2 Å². The van der Waals surface area contributed by atoms with E-state index in [4.69, 9.17) is 0 Å². The molecule has 0 heterocycles. The lowest BCUT2D eigenvalue weighted by Gasteiger charge is -2.16. The van der Waals surface area contributed by atoms with Crippen LogP contribution in [0.3, 0.4) is 0 Å². The molecule has 0 bridgehead atoms. The molecule has 1 unspecified atom stereocenters. The first-order chi connectivity index (χ1) is 7.05. The Kier molecular flexibility index (Phi) is 3.89. The molecule has 1 aromatic carbocycles. The summed E-state index contributed by atoms with van der Waals surface area (Å²) < 4.78 is 61.7. The van der Waals surface area contributed by atoms with Crippen molar-refractivity contribution in [2.45, 2.75) is 10.7 Å². The van der Waals surface area contributed by atoms with Gasteiger partial charge in [-0.15, -0.1) is 4.39 Å². The zero-order chi connectivity index (χ0) is 11.5. The number of rotatable bonds is 3. The van der Waals surface area contributed by atoms with E-state index in [0.29, 0.717) is 0 Å². The Morgan fingerprint density at radius 1 is 1.20 bits per heavy atom. The molecule has 0 aromatic heterocycles. The molecule has 1 rings (SSSR count). The topological polar surface area (TPSA) is 43.4 Å². The lowest BCUT2D eigenvalue weighted by atomic mass is 10.4. The molecular weight excluding hydrogens is 253 g/mol. The minimum atomic E-state index is -4.23. The summed E-state index contributed by atoms with van der Waals surface area (Å²) in [6, 6.07) is 6.30. The Morgan fingerprint density at radius 2 is 1.73 bits per heavy atom. The number of benzene rings is 1. The first-order valence-corrected chi connectivity index (χ1v) is 6.82. The van der Waals surface area contributed by atoms with Crippen LogP contribution < -0.4 is 0 Å². The van der Waals surface area contributed by atoms with Gasteiger partial charge in [0.15, 0.2) is 0 Å². The van der Waals surface area contributed by atoms with E-state index in [1.807, 2.05) is 0 Å². The van der Waals surface area contributed by atoms with Crippen LogP contribution in [0.4, 0.5) is 13.3 Å². The summed E-state index contributed by atoms with van der Waals surface area (Å²) in [6.45, 7) is 0. The molecule has 1 radical (unpaired) electrons. The molecule has 15 heavy (non-hydrogen) atoms. The van der Waals surface area contributed by atoms with E-state index in [9.17, 15) is 21.7 Å². The van der Waals surface area contributed by atoms with Gasteiger partial charge in [0.05, 0.1) is 0 Å². The molecule has 8 heteroatoms. The van der Waals surface area contributed by atoms with Gasteiger partial charge in [-0.3, -0.25) is 0 Å². The first-order valence-electron chi connectivity index (χ1n) is 3.61. The Balaban J connectivity index is 3.60. The number of halogens is 3. The quantitative estimate of drug-likeness (QED) is 0.834. The molecular formula is C7H6F3O3S2. The molecule has 0 saturated heterocycles. The van der Waals surface area contributed by atoms with Crippen molar-refractivity contribution in [3.05, 3.63) is 30.3 Å². The van der Waals surface area contributed by atoms with E-state index >= 15 is 0 Å². The van der Waals surface area contributed by atoms with Gasteiger partial charge in [-0.2, -0.15) is 17.2 Å². The highest BCUT2D eigenvalue weighted by atomic mass is 32.9. The van der Waals surface area contributed by atoms with Crippen LogP contribution in [0, 0.1) is 0 Å². The SMILES string of the molecule is O=S(=O)=[S](OF)(c1ccccc1)C(F)F. The van der Waals surface area contributed by atoms with E-state index in [0.717, 1.165) is 12.1 Å². The lowest BCUT2D eigenvalue weighted by molar-refractivity contribution is 0.00476. The minimum absolute atomic E-state index is 0.379. The van der Waals surface area contributed by atoms with Crippen molar-refractivity contribution in [2.75, 3.05) is 0 Å². The lowest BCUT2D eigenvalue weighted by Crippen LogP contribution is -2.22. The number of alkyl halides is 2. The van der Waals surface area contributed by atoms with Crippen LogP contribution in [0.25, 0.3) is 0 Å². The average Bonchev–Trinajstić information content (AvgIpc) is 2.20. The highest BCUT2D eigenvalue weighted by Crippen LogP contribution is 2.29. The fourth-order valence-electron chi connectivity index (χ4n) is 0.936. The Bertz CT molecular complexity index is 475. The molecule has 0 saturated carbocycles. The highest BCUT2D eigenvalue weighted by molar-refractivity contribution is 8.42. The third-order valence-electron chi connectivity index (χ3n) is 1.60. The largest absolute Gasteiger partial charge is 0.311 e. The van der Waals surface area contributed by atoms with Crippen molar-refractivity contribution in [1.29, 1.82) is 0 Å². The van der Waals surface area contributed by atoms with Crippen LogP contribution in [-0.2, 0) is 22.5 Å². The minimum Gasteiger partial charge on any atom is -0.195 e. The second-order valence-corrected chi connectivity index (χ2v) is 7.14. The van der Waals surface area contributed by atoms with Gasteiger partial charge in [-0.05, 0) is 16.7 Å². The maximum Gasteiger partial charge on any atom is 0.311 e. The fraction of sp³-hybridized carbons (Fsp3) is 0.143. The third kappa shape index (κ3) is 2.06. The van der Waals surface area contributed by atoms with Crippen molar-refractivity contribution in [2.24, 2.45) is 0 Å². The molecule has 1 atom stereocenters. The van der Waals surface area contributed by atoms with Crippen LogP contribution in [-0.4, -0.2) is 14.2 Å². The molecule has 0 aliphatic heterocycles. The van der Waals surface area contributed by atoms with E-state index in [2.05, 4.69) is 4.39 Å². The predicted molar refractivity (Wildman–Crippen MR) is 49.2 cm³/mol. The molecule has 0 N–H and O–H groups in total. The molecule has 85 valence electrons. The summed E-state index contributed by atoms with van der Waals surface area (Å²) in [5.74, 6) is -3.44. The van der Waals surface area contributed by atoms with Crippen molar-refractivity contribution < 1.29 is 26.1 Å². The van der Waals surface area contributed by atoms with Gasteiger partial charge in [0.25, 0.3) is 9.26 Å². The van der Waals surface area contributed by atoms with Gasteiger partial charge in [0, 0.05) is 4.90 Å². The van der Waals surface area contributed by atoms with Gasteiger partial charge in [-0.1, -0.05) is 18.2 Å². The Morgan fingerprint density at radius 3 is 2.07 bits per heavy atom. The Labute approximate surface area is 85.7 Å². The van der Waals surface area contributed by atoms with Crippen LogP contribution in [0.15, 0.2) is 35.2 Å². The van der Waals surface area contributed by atoms with E-state index in [-0.39, 0.29) is 4.90 Å². The van der Waals surface area contributed by atoms with Gasteiger partial charge < -0.3 is 0 Å². The van der Waals surface area contributed by atoms with Crippen molar-refractivity contribution in [3.63, 3.8) is 0 Å². The summed E-state index contributed by atoms with van der Waals surface area (Å²) >= 11 is 0. The number of hydrogen-bond donors (Lipinski definition) is 0. The number of hydrogen-bond acceptors (Lipinski definition) is 3. The highest BCUT2D eigenvalue weighted by Gasteiger charge is 2.34. The summed E-state index contributed by atoms with van der Waals surface area (Å²) in [7, 11) is -7.59. The molecule has 0 aliphatic carbocycles. The standard InChI is InChI=1S/C7H6F3O3S2/c8-7(9)15(13-10,14(11)12)6-4-2-1-3-5-6/h1-5,7H. The fourth-order valence-corrected chi connectivity index (χ4v) is 3.41. The molecule has 1 aromatic rings. The van der Waals surface area contributed by atoms with Crippen molar-refractivity contribution in [1.82, 2.24) is 0 Å². The third-order valence-corrected chi connectivity index (χ3v) is 5.97. The summed E-state index contributed by atoms with van der Waals surface area (Å²) in [4.78, 5) is -0.379. The summed E-state index contributed by atoms with van der Waals surface area (Å²) in [5, 5.41) is 0. The smallest absolute Gasteiger partial charge is 0.195 e. The molecule has 0 amide bonds. The van der Waals surface area contributed by atoms with Crippen LogP contribution in [0.5, 0.6) is 0 Å². The molecule has 0 fully saturated rings. The average molecular weight is 259 g/mol. The van der Waals surface area contributed by atoms with Crippen molar-refractivity contribution >= 4 is 18.1 Å². The summed E-state index contributed by atoms with van der Waals surface area (Å²) in [6.07, 6.45) is 0. The summed E-state index contributed by atoms with van der Waals surface area (Å²) in [5.41, 5.74) is 0. The maximum absolute atomic E-state index is 12.6. The van der Waals surface area contributed by atoms with E-state index in [1.54, 1.807) is 0 Å². The van der Waals surface area contributed by atoms with E-state index < -0.39 is 23.9 Å². The van der Waals surface area contributed by atoms with Gasteiger partial charge in [0.2, 0.25) is 0 Å². The second-order valence-electron chi connectivity index (χ2n) is 2.39. The first kappa shape index (κ1) is 12.2. The maximum atomic E-state index is 12.6. The van der Waals surface area contributed by atoms with Crippen LogP contribution in [0.2, 0.25) is 0 Å². The molecule has 0 aliphatic rings. The second kappa shape index (κ2) is 4.77. The van der Waals surface area contributed by atoms with Crippen LogP contribution in [0.1, 0.15) is 0 Å². The normalized spacial score (nSPS) is 14.9.